The summed E-state index contributed by atoms with van der Waals surface area (Å²) in [7, 11) is 0. The van der Waals surface area contributed by atoms with E-state index in [1.165, 1.54) is 10.6 Å². The van der Waals surface area contributed by atoms with Crippen LogP contribution in [0, 0.1) is 11.6 Å². The van der Waals surface area contributed by atoms with Gasteiger partial charge in [-0.25, -0.2) is 19.2 Å². The highest BCUT2D eigenvalue weighted by Gasteiger charge is 2.11. The van der Waals surface area contributed by atoms with Gasteiger partial charge in [0, 0.05) is 13.2 Å². The third-order valence-electron chi connectivity index (χ3n) is 4.20. The first-order chi connectivity index (χ1) is 14.0. The number of nitrogens with zero attached hydrogens (tertiary/aromatic N) is 3. The molecule has 29 heavy (non-hydrogen) atoms. The zero-order valence-electron chi connectivity index (χ0n) is 16.2. The summed E-state index contributed by atoms with van der Waals surface area (Å²) in [6.45, 7) is 4.72. The lowest BCUT2D eigenvalue weighted by molar-refractivity contribution is 0.0748. The van der Waals surface area contributed by atoms with E-state index in [1.807, 2.05) is 13.8 Å². The first-order valence-electron chi connectivity index (χ1n) is 9.31. The van der Waals surface area contributed by atoms with Crippen molar-refractivity contribution in [1.82, 2.24) is 9.55 Å². The number of hydrazone groups is 1. The highest BCUT2D eigenvalue weighted by Crippen LogP contribution is 2.13. The van der Waals surface area contributed by atoms with Crippen molar-refractivity contribution >= 4 is 23.1 Å². The van der Waals surface area contributed by atoms with Gasteiger partial charge in [-0.3, -0.25) is 9.36 Å². The number of ether oxygens (including phenoxy) is 1. The Hall–Kier alpha value is -3.13. The van der Waals surface area contributed by atoms with Crippen molar-refractivity contribution in [3.8, 4) is 0 Å². The summed E-state index contributed by atoms with van der Waals surface area (Å²) in [4.78, 5) is 17.3. The second kappa shape index (κ2) is 9.38. The molecule has 1 N–H and O–H groups in total. The Morgan fingerprint density at radius 3 is 2.62 bits per heavy atom. The topological polar surface area (TPSA) is 68.5 Å². The molecule has 152 valence electrons. The number of hydrogen-bond donors (Lipinski definition) is 1. The van der Waals surface area contributed by atoms with Gasteiger partial charge in [-0.15, -0.1) is 0 Å². The van der Waals surface area contributed by atoms with Crippen LogP contribution in [0.2, 0.25) is 0 Å². The fourth-order valence-electron chi connectivity index (χ4n) is 2.79. The number of para-hydroxylation sites is 1. The van der Waals surface area contributed by atoms with E-state index in [4.69, 9.17) is 4.74 Å². The van der Waals surface area contributed by atoms with E-state index < -0.39 is 11.6 Å². The highest BCUT2D eigenvalue weighted by molar-refractivity contribution is 5.81. The number of fused-ring (bicyclic) bond motifs is 1. The number of aromatic nitrogens is 2. The molecular formula is C21H22F2N4O2. The third-order valence-corrected chi connectivity index (χ3v) is 4.20. The highest BCUT2D eigenvalue weighted by atomic mass is 19.1. The average Bonchev–Trinajstić information content (AvgIpc) is 2.69. The Morgan fingerprint density at radius 1 is 1.17 bits per heavy atom. The van der Waals surface area contributed by atoms with E-state index in [2.05, 4.69) is 15.5 Å². The Bertz CT molecular complexity index is 1060. The lowest BCUT2D eigenvalue weighted by Gasteiger charge is -2.13. The summed E-state index contributed by atoms with van der Waals surface area (Å²) >= 11 is 0. The molecular weight excluding hydrogens is 378 g/mol. The molecule has 0 fully saturated rings. The summed E-state index contributed by atoms with van der Waals surface area (Å²) in [6.07, 6.45) is 1.72. The molecule has 0 saturated carbocycles. The van der Waals surface area contributed by atoms with Gasteiger partial charge in [0.15, 0.2) is 0 Å². The molecule has 0 unspecified atom stereocenters. The molecule has 8 heteroatoms. The van der Waals surface area contributed by atoms with Crippen LogP contribution in [0.15, 0.2) is 52.4 Å². The Morgan fingerprint density at radius 2 is 1.90 bits per heavy atom. The van der Waals surface area contributed by atoms with E-state index >= 15 is 0 Å². The van der Waals surface area contributed by atoms with E-state index in [-0.39, 0.29) is 23.2 Å². The molecule has 1 heterocycles. The van der Waals surface area contributed by atoms with Crippen LogP contribution in [-0.4, -0.2) is 28.5 Å². The van der Waals surface area contributed by atoms with Crippen molar-refractivity contribution < 1.29 is 13.5 Å². The monoisotopic (exact) mass is 400 g/mol. The number of benzene rings is 2. The zero-order valence-corrected chi connectivity index (χ0v) is 16.2. The Labute approximate surface area is 166 Å². The van der Waals surface area contributed by atoms with Crippen molar-refractivity contribution in [3.05, 3.63) is 70.0 Å². The van der Waals surface area contributed by atoms with Gasteiger partial charge in [0.25, 0.3) is 5.56 Å². The van der Waals surface area contributed by atoms with Crippen molar-refractivity contribution in [3.63, 3.8) is 0 Å². The summed E-state index contributed by atoms with van der Waals surface area (Å²) in [6, 6.07) is 10.5. The minimum Gasteiger partial charge on any atom is -0.379 e. The summed E-state index contributed by atoms with van der Waals surface area (Å²) < 4.78 is 34.5. The minimum absolute atomic E-state index is 0.0966. The lowest BCUT2D eigenvalue weighted by atomic mass is 10.2. The Balaban J connectivity index is 1.89. The van der Waals surface area contributed by atoms with Crippen LogP contribution in [0.4, 0.5) is 14.7 Å². The van der Waals surface area contributed by atoms with Crippen molar-refractivity contribution in [1.29, 1.82) is 0 Å². The molecule has 6 nitrogen and oxygen atoms in total. The maximum atomic E-state index is 13.8. The van der Waals surface area contributed by atoms with Gasteiger partial charge >= 0.3 is 0 Å². The number of rotatable bonds is 8. The van der Waals surface area contributed by atoms with E-state index in [9.17, 15) is 13.6 Å². The van der Waals surface area contributed by atoms with E-state index in [0.717, 1.165) is 18.3 Å². The van der Waals surface area contributed by atoms with Crippen LogP contribution in [0.1, 0.15) is 25.8 Å². The molecule has 2 aromatic carbocycles. The van der Waals surface area contributed by atoms with Crippen LogP contribution < -0.4 is 11.0 Å². The minimum atomic E-state index is -0.731. The number of halogens is 2. The van der Waals surface area contributed by atoms with Gasteiger partial charge in [-0.1, -0.05) is 18.2 Å². The van der Waals surface area contributed by atoms with Gasteiger partial charge in [0.2, 0.25) is 5.95 Å². The Kier molecular flexibility index (Phi) is 6.66. The fourth-order valence-corrected chi connectivity index (χ4v) is 2.79. The van der Waals surface area contributed by atoms with Crippen molar-refractivity contribution in [2.45, 2.75) is 32.9 Å². The van der Waals surface area contributed by atoms with E-state index in [0.29, 0.717) is 30.5 Å². The summed E-state index contributed by atoms with van der Waals surface area (Å²) in [5.74, 6) is -1.28. The first kappa shape index (κ1) is 20.6. The predicted molar refractivity (Wildman–Crippen MR) is 109 cm³/mol. The molecule has 0 bridgehead atoms. The average molecular weight is 400 g/mol. The smallest absolute Gasteiger partial charge is 0.262 e. The largest absolute Gasteiger partial charge is 0.379 e. The number of nitrogens with one attached hydrogen (secondary N) is 1. The fraction of sp³-hybridized carbons (Fsp3) is 0.286. The number of anilines is 1. The number of hydrogen-bond acceptors (Lipinski definition) is 5. The molecule has 0 aliphatic heterocycles. The molecule has 0 aliphatic rings. The normalized spacial score (nSPS) is 11.6. The molecule has 0 saturated heterocycles. The first-order valence-corrected chi connectivity index (χ1v) is 9.31. The zero-order chi connectivity index (χ0) is 20.8. The van der Waals surface area contributed by atoms with Gasteiger partial charge in [-0.05, 0) is 44.5 Å². The van der Waals surface area contributed by atoms with Crippen LogP contribution in [0.3, 0.4) is 0 Å². The third kappa shape index (κ3) is 5.03. The molecule has 0 amide bonds. The van der Waals surface area contributed by atoms with Gasteiger partial charge < -0.3 is 4.74 Å². The lowest BCUT2D eigenvalue weighted by Crippen LogP contribution is -2.25. The van der Waals surface area contributed by atoms with Crippen LogP contribution >= 0.6 is 0 Å². The molecule has 0 aliphatic carbocycles. The van der Waals surface area contributed by atoms with Crippen molar-refractivity contribution in [2.24, 2.45) is 5.10 Å². The summed E-state index contributed by atoms with van der Waals surface area (Å²) in [5, 5.41) is 4.37. The van der Waals surface area contributed by atoms with Gasteiger partial charge in [0.05, 0.1) is 28.8 Å². The summed E-state index contributed by atoms with van der Waals surface area (Å²) in [5.41, 5.74) is 2.64. The quantitative estimate of drug-likeness (QED) is 0.353. The second-order valence-electron chi connectivity index (χ2n) is 6.69. The maximum absolute atomic E-state index is 13.8. The second-order valence-corrected chi connectivity index (χ2v) is 6.69. The molecule has 1 aromatic heterocycles. The molecule has 0 atom stereocenters. The maximum Gasteiger partial charge on any atom is 0.262 e. The van der Waals surface area contributed by atoms with Crippen molar-refractivity contribution in [2.75, 3.05) is 12.0 Å². The molecule has 3 aromatic rings. The van der Waals surface area contributed by atoms with Gasteiger partial charge in [-0.2, -0.15) is 5.10 Å². The molecule has 0 spiro atoms. The molecule has 0 radical (unpaired) electrons. The predicted octanol–water partition coefficient (Wildman–Crippen LogP) is 3.94. The van der Waals surface area contributed by atoms with Crippen LogP contribution in [-0.2, 0) is 11.3 Å². The molecule has 3 rings (SSSR count). The van der Waals surface area contributed by atoms with Crippen LogP contribution in [0.5, 0.6) is 0 Å². The van der Waals surface area contributed by atoms with Gasteiger partial charge in [0.1, 0.15) is 11.6 Å². The van der Waals surface area contributed by atoms with E-state index in [1.54, 1.807) is 24.3 Å². The SMILES string of the molecule is CC(C)OCCCn1c(N/N=C\c2c(F)cccc2F)nc2ccccc2c1=O. The standard InChI is InChI=1S/C21H22F2N4O2/c1-14(2)29-12-6-11-27-20(28)15-7-3-4-10-19(15)25-21(27)26-24-13-16-17(22)8-5-9-18(16)23/h3-5,7-10,13-14H,6,11-12H2,1-2H3,(H,25,26)/b24-13-. The van der Waals surface area contributed by atoms with Crippen LogP contribution in [0.25, 0.3) is 10.9 Å².